The van der Waals surface area contributed by atoms with Gasteiger partial charge in [0.05, 0.1) is 26.4 Å². The van der Waals surface area contributed by atoms with Crippen LogP contribution < -0.4 is 4.74 Å². The molecule has 162 valence electrons. The van der Waals surface area contributed by atoms with Gasteiger partial charge in [-0.15, -0.1) is 11.6 Å². The minimum absolute atomic E-state index is 0.509. The van der Waals surface area contributed by atoms with E-state index in [1.165, 1.54) is 16.7 Å². The molecule has 3 aromatic carbocycles. The van der Waals surface area contributed by atoms with Gasteiger partial charge in [0, 0.05) is 5.88 Å². The predicted octanol–water partition coefficient (Wildman–Crippen LogP) is 6.47. The molecule has 0 spiro atoms. The van der Waals surface area contributed by atoms with Crippen LogP contribution in [0.5, 0.6) is 5.75 Å². The number of hydrogen-bond donors (Lipinski definition) is 0. The van der Waals surface area contributed by atoms with Gasteiger partial charge in [0.1, 0.15) is 12.4 Å². The minimum Gasteiger partial charge on any atom is -0.491 e. The summed E-state index contributed by atoms with van der Waals surface area (Å²) < 4.78 is 16.9. The Kier molecular flexibility index (Phi) is 10.2. The summed E-state index contributed by atoms with van der Waals surface area (Å²) in [5, 5.41) is 0. The Bertz CT molecular complexity index is 893. The summed E-state index contributed by atoms with van der Waals surface area (Å²) in [5.41, 5.74) is 4.73. The van der Waals surface area contributed by atoms with Gasteiger partial charge in [-0.2, -0.15) is 0 Å². The number of rotatable bonds is 13. The Hall–Kier alpha value is -2.59. The van der Waals surface area contributed by atoms with Crippen molar-refractivity contribution in [1.29, 1.82) is 0 Å². The van der Waals surface area contributed by atoms with E-state index in [0.29, 0.717) is 38.9 Å². The first kappa shape index (κ1) is 23.1. The van der Waals surface area contributed by atoms with Crippen molar-refractivity contribution in [3.63, 3.8) is 0 Å². The number of benzene rings is 3. The standard InChI is InChI=1S/C27H29ClO3/c28-16-15-26(25-9-5-2-6-10-25)21-23-11-13-27(14-12-23)31-20-19-29-17-18-30-22-24-7-3-1-4-8-24/h1-14,21H,15-20,22H2. The molecule has 0 amide bonds. The van der Waals surface area contributed by atoms with E-state index in [9.17, 15) is 0 Å². The molecule has 0 radical (unpaired) electrons. The van der Waals surface area contributed by atoms with Crippen molar-refractivity contribution in [2.24, 2.45) is 0 Å². The Morgan fingerprint density at radius 2 is 1.35 bits per heavy atom. The minimum atomic E-state index is 0.509. The lowest BCUT2D eigenvalue weighted by molar-refractivity contribution is 0.0303. The summed E-state index contributed by atoms with van der Waals surface area (Å²) >= 11 is 6.00. The molecule has 3 nitrogen and oxygen atoms in total. The normalized spacial score (nSPS) is 11.5. The van der Waals surface area contributed by atoms with Gasteiger partial charge in [0.15, 0.2) is 0 Å². The summed E-state index contributed by atoms with van der Waals surface area (Å²) in [6, 6.07) is 28.6. The maximum absolute atomic E-state index is 6.00. The Balaban J connectivity index is 1.35. The van der Waals surface area contributed by atoms with Gasteiger partial charge in [-0.05, 0) is 40.8 Å². The highest BCUT2D eigenvalue weighted by Crippen LogP contribution is 2.23. The fourth-order valence-electron chi connectivity index (χ4n) is 3.12. The maximum Gasteiger partial charge on any atom is 0.119 e. The molecule has 31 heavy (non-hydrogen) atoms. The first-order chi connectivity index (χ1) is 15.3. The van der Waals surface area contributed by atoms with E-state index in [4.69, 9.17) is 25.8 Å². The summed E-state index contributed by atoms with van der Waals surface area (Å²) in [5.74, 6) is 1.43. The quantitative estimate of drug-likeness (QED) is 0.174. The van der Waals surface area contributed by atoms with Crippen LogP contribution in [-0.4, -0.2) is 32.3 Å². The van der Waals surface area contributed by atoms with Crippen molar-refractivity contribution < 1.29 is 14.2 Å². The molecular weight excluding hydrogens is 408 g/mol. The van der Waals surface area contributed by atoms with Crippen LogP contribution in [0.3, 0.4) is 0 Å². The molecule has 0 aliphatic heterocycles. The molecule has 0 saturated heterocycles. The molecule has 0 aromatic heterocycles. The molecule has 0 atom stereocenters. The van der Waals surface area contributed by atoms with Crippen molar-refractivity contribution in [2.45, 2.75) is 13.0 Å². The summed E-state index contributed by atoms with van der Waals surface area (Å²) in [6.07, 6.45) is 3.01. The van der Waals surface area contributed by atoms with Gasteiger partial charge in [-0.3, -0.25) is 0 Å². The smallest absolute Gasteiger partial charge is 0.119 e. The molecule has 0 N–H and O–H groups in total. The Morgan fingerprint density at radius 3 is 2.06 bits per heavy atom. The number of hydrogen-bond acceptors (Lipinski definition) is 3. The van der Waals surface area contributed by atoms with E-state index in [1.807, 2.05) is 48.5 Å². The van der Waals surface area contributed by atoms with Crippen molar-refractivity contribution in [1.82, 2.24) is 0 Å². The zero-order chi connectivity index (χ0) is 21.6. The highest BCUT2D eigenvalue weighted by atomic mass is 35.5. The largest absolute Gasteiger partial charge is 0.491 e. The van der Waals surface area contributed by atoms with Crippen LogP contribution in [0.1, 0.15) is 23.1 Å². The van der Waals surface area contributed by atoms with E-state index >= 15 is 0 Å². The number of allylic oxidation sites excluding steroid dienone is 1. The molecule has 3 aromatic rings. The highest BCUT2D eigenvalue weighted by Gasteiger charge is 2.02. The van der Waals surface area contributed by atoms with Crippen LogP contribution in [0, 0.1) is 0 Å². The molecular formula is C27H29ClO3. The van der Waals surface area contributed by atoms with Gasteiger partial charge in [0.25, 0.3) is 0 Å². The average Bonchev–Trinajstić information content (AvgIpc) is 2.83. The molecule has 0 saturated carbocycles. The van der Waals surface area contributed by atoms with Crippen molar-refractivity contribution in [3.05, 3.63) is 102 Å². The predicted molar refractivity (Wildman–Crippen MR) is 129 cm³/mol. The maximum atomic E-state index is 6.00. The Morgan fingerprint density at radius 1 is 0.710 bits per heavy atom. The van der Waals surface area contributed by atoms with Gasteiger partial charge >= 0.3 is 0 Å². The van der Waals surface area contributed by atoms with Crippen LogP contribution in [0.25, 0.3) is 11.6 Å². The fraction of sp³-hybridized carbons (Fsp3) is 0.259. The van der Waals surface area contributed by atoms with E-state index < -0.39 is 0 Å². The average molecular weight is 437 g/mol. The lowest BCUT2D eigenvalue weighted by Gasteiger charge is -2.09. The zero-order valence-electron chi connectivity index (χ0n) is 17.7. The molecule has 0 aliphatic carbocycles. The summed E-state index contributed by atoms with van der Waals surface area (Å²) in [4.78, 5) is 0. The third-order valence-corrected chi connectivity index (χ3v) is 4.90. The van der Waals surface area contributed by atoms with Crippen LogP contribution in [0.15, 0.2) is 84.9 Å². The fourth-order valence-corrected chi connectivity index (χ4v) is 3.32. The molecule has 4 heteroatoms. The Labute approximate surface area is 190 Å². The lowest BCUT2D eigenvalue weighted by atomic mass is 10.0. The third-order valence-electron chi connectivity index (χ3n) is 4.71. The molecule has 3 rings (SSSR count). The van der Waals surface area contributed by atoms with Gasteiger partial charge in [0.2, 0.25) is 0 Å². The van der Waals surface area contributed by atoms with Crippen molar-refractivity contribution in [3.8, 4) is 5.75 Å². The van der Waals surface area contributed by atoms with E-state index in [2.05, 4.69) is 42.5 Å². The zero-order valence-corrected chi connectivity index (χ0v) is 18.5. The van der Waals surface area contributed by atoms with Crippen LogP contribution >= 0.6 is 11.6 Å². The first-order valence-electron chi connectivity index (χ1n) is 10.6. The monoisotopic (exact) mass is 436 g/mol. The number of ether oxygens (including phenoxy) is 3. The van der Waals surface area contributed by atoms with Gasteiger partial charge < -0.3 is 14.2 Å². The molecule has 0 bridgehead atoms. The van der Waals surface area contributed by atoms with Gasteiger partial charge in [-0.25, -0.2) is 0 Å². The third kappa shape index (κ3) is 8.58. The lowest BCUT2D eigenvalue weighted by Crippen LogP contribution is -2.10. The van der Waals surface area contributed by atoms with Crippen LogP contribution in [0.4, 0.5) is 0 Å². The number of alkyl halides is 1. The molecule has 0 heterocycles. The SMILES string of the molecule is ClCCC(=Cc1ccc(OCCOCCOCc2ccccc2)cc1)c1ccccc1. The second-order valence-corrected chi connectivity index (χ2v) is 7.42. The van der Waals surface area contributed by atoms with Crippen LogP contribution in [0.2, 0.25) is 0 Å². The van der Waals surface area contributed by atoms with Crippen molar-refractivity contribution in [2.75, 3.05) is 32.3 Å². The summed E-state index contributed by atoms with van der Waals surface area (Å²) in [6.45, 7) is 2.78. The molecule has 0 aliphatic rings. The van der Waals surface area contributed by atoms with E-state index in [0.717, 1.165) is 17.7 Å². The molecule has 0 unspecified atom stereocenters. The van der Waals surface area contributed by atoms with E-state index in [1.54, 1.807) is 0 Å². The van der Waals surface area contributed by atoms with E-state index in [-0.39, 0.29) is 0 Å². The molecule has 0 fully saturated rings. The second kappa shape index (κ2) is 13.7. The topological polar surface area (TPSA) is 27.7 Å². The second-order valence-electron chi connectivity index (χ2n) is 7.04. The van der Waals surface area contributed by atoms with Crippen molar-refractivity contribution >= 4 is 23.3 Å². The number of halogens is 1. The first-order valence-corrected chi connectivity index (χ1v) is 11.1. The highest BCUT2D eigenvalue weighted by molar-refractivity contribution is 6.18. The van der Waals surface area contributed by atoms with Gasteiger partial charge in [-0.1, -0.05) is 78.9 Å². The summed E-state index contributed by atoms with van der Waals surface area (Å²) in [7, 11) is 0. The van der Waals surface area contributed by atoms with Crippen LogP contribution in [-0.2, 0) is 16.1 Å².